The van der Waals surface area contributed by atoms with E-state index in [0.717, 1.165) is 22.3 Å². The van der Waals surface area contributed by atoms with Crippen molar-refractivity contribution in [3.63, 3.8) is 0 Å². The highest BCUT2D eigenvalue weighted by atomic mass is 35.5. The third-order valence-electron chi connectivity index (χ3n) is 2.44. The van der Waals surface area contributed by atoms with Gasteiger partial charge in [-0.1, -0.05) is 48.0 Å². The Morgan fingerprint density at radius 2 is 2.06 bits per heavy atom. The van der Waals surface area contributed by atoms with E-state index >= 15 is 0 Å². The van der Waals surface area contributed by atoms with Gasteiger partial charge in [0.1, 0.15) is 0 Å². The van der Waals surface area contributed by atoms with Crippen LogP contribution in [0, 0.1) is 19.3 Å². The maximum atomic E-state index is 6.37. The maximum absolute atomic E-state index is 6.37. The van der Waals surface area contributed by atoms with Crippen molar-refractivity contribution in [2.75, 3.05) is 0 Å². The smallest absolute Gasteiger partial charge is 0.0525 e. The van der Waals surface area contributed by atoms with Gasteiger partial charge in [0, 0.05) is 6.42 Å². The van der Waals surface area contributed by atoms with Gasteiger partial charge in [0.05, 0.1) is 5.03 Å². The second-order valence-corrected chi connectivity index (χ2v) is 4.15. The fraction of sp³-hybridized carbons (Fsp3) is 0.200. The van der Waals surface area contributed by atoms with Crippen LogP contribution in [0.4, 0.5) is 0 Å². The second kappa shape index (κ2) is 5.58. The highest BCUT2D eigenvalue weighted by Crippen LogP contribution is 2.30. The standard InChI is InChI=1S/C15H15Cl/c1-5-8-13(11(2)3)15(16)14-10-7-6-9-12(14)4/h1,6-7,9-10H,2,8H2,3-4H3/b15-13+. The quantitative estimate of drug-likeness (QED) is 0.528. The van der Waals surface area contributed by atoms with Crippen LogP contribution in [0.25, 0.3) is 5.03 Å². The molecule has 16 heavy (non-hydrogen) atoms. The Labute approximate surface area is 103 Å². The number of halogens is 1. The highest BCUT2D eigenvalue weighted by molar-refractivity contribution is 6.49. The van der Waals surface area contributed by atoms with Crippen LogP contribution in [0.5, 0.6) is 0 Å². The number of allylic oxidation sites excluding steroid dienone is 2. The molecule has 0 fully saturated rings. The minimum atomic E-state index is 0.516. The number of rotatable bonds is 3. The summed E-state index contributed by atoms with van der Waals surface area (Å²) in [5.74, 6) is 2.62. The van der Waals surface area contributed by atoms with Gasteiger partial charge in [-0.2, -0.15) is 0 Å². The van der Waals surface area contributed by atoms with Crippen LogP contribution < -0.4 is 0 Å². The van der Waals surface area contributed by atoms with Gasteiger partial charge in [0.15, 0.2) is 0 Å². The molecular weight excluding hydrogens is 216 g/mol. The summed E-state index contributed by atoms with van der Waals surface area (Å²) >= 11 is 6.37. The van der Waals surface area contributed by atoms with Crippen LogP contribution >= 0.6 is 11.6 Å². The van der Waals surface area contributed by atoms with Crippen molar-refractivity contribution in [3.8, 4) is 12.3 Å². The Hall–Kier alpha value is -1.45. The molecule has 0 aromatic heterocycles. The molecule has 0 aliphatic rings. The largest absolute Gasteiger partial charge is 0.120 e. The lowest BCUT2D eigenvalue weighted by Gasteiger charge is -2.10. The van der Waals surface area contributed by atoms with Gasteiger partial charge in [-0.15, -0.1) is 12.3 Å². The molecule has 1 aromatic carbocycles. The van der Waals surface area contributed by atoms with E-state index in [1.165, 1.54) is 0 Å². The number of aryl methyl sites for hydroxylation is 1. The molecular formula is C15H15Cl. The van der Waals surface area contributed by atoms with E-state index in [2.05, 4.69) is 12.5 Å². The summed E-state index contributed by atoms with van der Waals surface area (Å²) in [6, 6.07) is 7.99. The maximum Gasteiger partial charge on any atom is 0.0525 e. The monoisotopic (exact) mass is 230 g/mol. The summed E-state index contributed by atoms with van der Waals surface area (Å²) in [6.45, 7) is 7.87. The van der Waals surface area contributed by atoms with Crippen LogP contribution in [0.2, 0.25) is 0 Å². The summed E-state index contributed by atoms with van der Waals surface area (Å²) in [4.78, 5) is 0. The van der Waals surface area contributed by atoms with E-state index in [1.807, 2.05) is 38.1 Å². The fourth-order valence-electron chi connectivity index (χ4n) is 1.50. The van der Waals surface area contributed by atoms with E-state index in [9.17, 15) is 0 Å². The lowest BCUT2D eigenvalue weighted by Crippen LogP contribution is -1.91. The van der Waals surface area contributed by atoms with E-state index in [1.54, 1.807) is 0 Å². The summed E-state index contributed by atoms with van der Waals surface area (Å²) in [5.41, 5.74) is 4.03. The molecule has 0 saturated heterocycles. The van der Waals surface area contributed by atoms with Gasteiger partial charge in [-0.25, -0.2) is 0 Å². The van der Waals surface area contributed by atoms with E-state index < -0.39 is 0 Å². The van der Waals surface area contributed by atoms with Gasteiger partial charge in [-0.3, -0.25) is 0 Å². The SMILES string of the molecule is C#CC/C(C(=C)C)=C(\Cl)c1ccccc1C. The zero-order valence-electron chi connectivity index (χ0n) is 9.68. The van der Waals surface area contributed by atoms with Crippen molar-refractivity contribution in [2.24, 2.45) is 0 Å². The van der Waals surface area contributed by atoms with Crippen molar-refractivity contribution < 1.29 is 0 Å². The Kier molecular flexibility index (Phi) is 4.40. The molecule has 0 spiro atoms. The molecule has 0 nitrogen and oxygen atoms in total. The minimum Gasteiger partial charge on any atom is -0.120 e. The molecule has 1 rings (SSSR count). The molecule has 0 aliphatic heterocycles. The van der Waals surface area contributed by atoms with Gasteiger partial charge < -0.3 is 0 Å². The van der Waals surface area contributed by atoms with Crippen molar-refractivity contribution in [1.29, 1.82) is 0 Å². The Bertz CT molecular complexity index is 472. The Morgan fingerprint density at radius 1 is 1.44 bits per heavy atom. The van der Waals surface area contributed by atoms with E-state index in [0.29, 0.717) is 11.5 Å². The molecule has 0 radical (unpaired) electrons. The number of hydrogen-bond donors (Lipinski definition) is 0. The minimum absolute atomic E-state index is 0.516. The molecule has 0 heterocycles. The number of benzene rings is 1. The zero-order chi connectivity index (χ0) is 12.1. The van der Waals surface area contributed by atoms with Crippen molar-refractivity contribution in [3.05, 3.63) is 53.1 Å². The lowest BCUT2D eigenvalue weighted by molar-refractivity contribution is 1.26. The summed E-state index contributed by atoms with van der Waals surface area (Å²) in [6.07, 6.45) is 5.85. The lowest BCUT2D eigenvalue weighted by atomic mass is 10.00. The third-order valence-corrected chi connectivity index (χ3v) is 2.87. The predicted octanol–water partition coefficient (Wildman–Crippen LogP) is 4.54. The Morgan fingerprint density at radius 3 is 2.56 bits per heavy atom. The Balaban J connectivity index is 3.31. The first-order chi connectivity index (χ1) is 7.57. The first-order valence-corrected chi connectivity index (χ1v) is 5.49. The topological polar surface area (TPSA) is 0 Å². The van der Waals surface area contributed by atoms with Gasteiger partial charge >= 0.3 is 0 Å². The molecule has 0 saturated carbocycles. The zero-order valence-corrected chi connectivity index (χ0v) is 10.4. The average Bonchev–Trinajstić information content (AvgIpc) is 2.25. The summed E-state index contributed by atoms with van der Waals surface area (Å²) < 4.78 is 0. The molecule has 0 unspecified atom stereocenters. The number of hydrogen-bond acceptors (Lipinski definition) is 0. The van der Waals surface area contributed by atoms with Crippen LogP contribution in [0.3, 0.4) is 0 Å². The van der Waals surface area contributed by atoms with Gasteiger partial charge in [-0.05, 0) is 30.5 Å². The van der Waals surface area contributed by atoms with Crippen LogP contribution in [-0.4, -0.2) is 0 Å². The summed E-state index contributed by atoms with van der Waals surface area (Å²) in [7, 11) is 0. The molecule has 1 heteroatoms. The molecule has 0 N–H and O–H groups in total. The van der Waals surface area contributed by atoms with Crippen LogP contribution in [0.15, 0.2) is 42.0 Å². The fourth-order valence-corrected chi connectivity index (χ4v) is 1.94. The summed E-state index contributed by atoms with van der Waals surface area (Å²) in [5, 5.41) is 0.712. The average molecular weight is 231 g/mol. The van der Waals surface area contributed by atoms with Crippen molar-refractivity contribution in [2.45, 2.75) is 20.3 Å². The molecule has 0 bridgehead atoms. The predicted molar refractivity (Wildman–Crippen MR) is 72.2 cm³/mol. The van der Waals surface area contributed by atoms with E-state index in [-0.39, 0.29) is 0 Å². The molecule has 0 atom stereocenters. The van der Waals surface area contributed by atoms with E-state index in [4.69, 9.17) is 18.0 Å². The highest BCUT2D eigenvalue weighted by Gasteiger charge is 2.08. The van der Waals surface area contributed by atoms with Crippen molar-refractivity contribution >= 4 is 16.6 Å². The third kappa shape index (κ3) is 2.78. The van der Waals surface area contributed by atoms with Gasteiger partial charge in [0.2, 0.25) is 0 Å². The normalized spacial score (nSPS) is 11.6. The molecule has 0 aliphatic carbocycles. The molecule has 82 valence electrons. The number of terminal acetylenes is 1. The van der Waals surface area contributed by atoms with Gasteiger partial charge in [0.25, 0.3) is 0 Å². The second-order valence-electron chi connectivity index (χ2n) is 3.77. The van der Waals surface area contributed by atoms with Crippen LogP contribution in [-0.2, 0) is 0 Å². The first-order valence-electron chi connectivity index (χ1n) is 5.12. The molecule has 1 aromatic rings. The van der Waals surface area contributed by atoms with Crippen molar-refractivity contribution in [1.82, 2.24) is 0 Å². The van der Waals surface area contributed by atoms with Crippen LogP contribution in [0.1, 0.15) is 24.5 Å². The molecule has 0 amide bonds. The first kappa shape index (κ1) is 12.6.